The van der Waals surface area contributed by atoms with Crippen LogP contribution in [0.1, 0.15) is 41.5 Å². The largest absolute Gasteiger partial charge is 0.486 e. The zero-order valence-corrected chi connectivity index (χ0v) is 16.4. The maximum Gasteiger partial charge on any atom is 0.252 e. The van der Waals surface area contributed by atoms with Crippen molar-refractivity contribution < 1.29 is 14.3 Å². The number of fused-ring (bicyclic) bond motifs is 2. The fourth-order valence-corrected chi connectivity index (χ4v) is 3.60. The van der Waals surface area contributed by atoms with E-state index in [-0.39, 0.29) is 17.9 Å². The van der Waals surface area contributed by atoms with Gasteiger partial charge in [0.1, 0.15) is 13.2 Å². The van der Waals surface area contributed by atoms with Gasteiger partial charge in [0.2, 0.25) is 0 Å². The summed E-state index contributed by atoms with van der Waals surface area (Å²) in [6.07, 6.45) is 0. The van der Waals surface area contributed by atoms with E-state index in [1.165, 1.54) is 0 Å². The second-order valence-corrected chi connectivity index (χ2v) is 7.43. The number of pyridine rings is 1. The number of carbonyl (C=O) groups excluding carboxylic acids is 1. The number of amides is 1. The quantitative estimate of drug-likeness (QED) is 0.731. The minimum absolute atomic E-state index is 0.102. The number of hydrogen-bond acceptors (Lipinski definition) is 4. The topological polar surface area (TPSA) is 60.5 Å². The Kier molecular flexibility index (Phi) is 4.90. The minimum Gasteiger partial charge on any atom is -0.486 e. The zero-order valence-electron chi connectivity index (χ0n) is 16.4. The molecule has 0 spiro atoms. The predicted molar refractivity (Wildman–Crippen MR) is 109 cm³/mol. The number of aryl methyl sites for hydroxylation is 1. The Balaban J connectivity index is 1.67. The summed E-state index contributed by atoms with van der Waals surface area (Å²) in [4.78, 5) is 17.7. The Hall–Kier alpha value is -3.08. The molecule has 144 valence electrons. The van der Waals surface area contributed by atoms with Crippen LogP contribution in [0.4, 0.5) is 0 Å². The Labute approximate surface area is 164 Å². The molecular weight excluding hydrogens is 352 g/mol. The molecule has 1 aliphatic rings. The third-order valence-corrected chi connectivity index (χ3v) is 4.97. The maximum atomic E-state index is 13.2. The smallest absolute Gasteiger partial charge is 0.252 e. The summed E-state index contributed by atoms with van der Waals surface area (Å²) in [5.74, 6) is 1.59. The summed E-state index contributed by atoms with van der Waals surface area (Å²) < 4.78 is 11.3. The number of rotatable bonds is 4. The standard InChI is InChI=1S/C23H24N2O3/c1-14(2)22(16-8-9-20-21(13-16)28-11-10-27-20)25-23(26)18-12-15(3)24-19-7-5-4-6-17(18)19/h4-9,12-14,22H,10-11H2,1-3H3,(H,25,26). The summed E-state index contributed by atoms with van der Waals surface area (Å²) in [6.45, 7) is 7.20. The van der Waals surface area contributed by atoms with E-state index in [0.29, 0.717) is 18.8 Å². The number of nitrogens with one attached hydrogen (secondary N) is 1. The molecule has 1 N–H and O–H groups in total. The van der Waals surface area contributed by atoms with Gasteiger partial charge in [-0.25, -0.2) is 0 Å². The fraction of sp³-hybridized carbons (Fsp3) is 0.304. The highest BCUT2D eigenvalue weighted by molar-refractivity contribution is 6.06. The van der Waals surface area contributed by atoms with Crippen LogP contribution in [0.25, 0.3) is 10.9 Å². The SMILES string of the molecule is Cc1cc(C(=O)NC(c2ccc3c(c2)OCCO3)C(C)C)c2ccccc2n1. The van der Waals surface area contributed by atoms with Crippen molar-refractivity contribution in [3.05, 3.63) is 65.4 Å². The van der Waals surface area contributed by atoms with Crippen LogP contribution in [-0.2, 0) is 0 Å². The summed E-state index contributed by atoms with van der Waals surface area (Å²) >= 11 is 0. The molecule has 0 fully saturated rings. The highest BCUT2D eigenvalue weighted by atomic mass is 16.6. The first-order valence-corrected chi connectivity index (χ1v) is 9.60. The number of aromatic nitrogens is 1. The Morgan fingerprint density at radius 1 is 1.04 bits per heavy atom. The van der Waals surface area contributed by atoms with Crippen LogP contribution in [0.15, 0.2) is 48.5 Å². The molecule has 28 heavy (non-hydrogen) atoms. The van der Waals surface area contributed by atoms with Crippen molar-refractivity contribution in [2.45, 2.75) is 26.8 Å². The lowest BCUT2D eigenvalue weighted by Crippen LogP contribution is -2.32. The molecule has 0 radical (unpaired) electrons. The van der Waals surface area contributed by atoms with E-state index < -0.39 is 0 Å². The van der Waals surface area contributed by atoms with Gasteiger partial charge in [-0.3, -0.25) is 9.78 Å². The third-order valence-electron chi connectivity index (χ3n) is 4.97. The number of benzene rings is 2. The van der Waals surface area contributed by atoms with Crippen LogP contribution in [0.3, 0.4) is 0 Å². The predicted octanol–water partition coefficient (Wildman–Crippen LogP) is 4.44. The first-order chi connectivity index (χ1) is 13.5. The molecule has 4 rings (SSSR count). The summed E-state index contributed by atoms with van der Waals surface area (Å²) in [5, 5.41) is 4.07. The van der Waals surface area contributed by atoms with Crippen molar-refractivity contribution in [2.75, 3.05) is 13.2 Å². The van der Waals surface area contributed by atoms with Gasteiger partial charge < -0.3 is 14.8 Å². The van der Waals surface area contributed by atoms with Gasteiger partial charge in [0.15, 0.2) is 11.5 Å². The second-order valence-electron chi connectivity index (χ2n) is 7.43. The lowest BCUT2D eigenvalue weighted by atomic mass is 9.95. The highest BCUT2D eigenvalue weighted by Gasteiger charge is 2.23. The number of para-hydroxylation sites is 1. The Bertz CT molecular complexity index is 1030. The van der Waals surface area contributed by atoms with Gasteiger partial charge in [-0.2, -0.15) is 0 Å². The minimum atomic E-state index is -0.143. The van der Waals surface area contributed by atoms with E-state index in [1.54, 1.807) is 0 Å². The average molecular weight is 376 g/mol. The second kappa shape index (κ2) is 7.50. The molecule has 0 saturated carbocycles. The van der Waals surface area contributed by atoms with Crippen LogP contribution < -0.4 is 14.8 Å². The van der Waals surface area contributed by atoms with Crippen LogP contribution in [0.2, 0.25) is 0 Å². The molecule has 1 amide bonds. The molecule has 3 aromatic rings. The number of ether oxygens (including phenoxy) is 2. The molecular formula is C23H24N2O3. The van der Waals surface area contributed by atoms with E-state index >= 15 is 0 Å². The van der Waals surface area contributed by atoms with Gasteiger partial charge in [-0.1, -0.05) is 38.1 Å². The molecule has 1 aliphatic heterocycles. The summed E-state index contributed by atoms with van der Waals surface area (Å²) in [5.41, 5.74) is 3.30. The molecule has 1 aromatic heterocycles. The van der Waals surface area contributed by atoms with Gasteiger partial charge in [0.05, 0.1) is 17.1 Å². The third kappa shape index (κ3) is 3.52. The van der Waals surface area contributed by atoms with E-state index in [4.69, 9.17) is 9.47 Å². The van der Waals surface area contributed by atoms with E-state index in [9.17, 15) is 4.79 Å². The fourth-order valence-electron chi connectivity index (χ4n) is 3.60. The average Bonchev–Trinajstić information content (AvgIpc) is 2.70. The Morgan fingerprint density at radius 3 is 2.57 bits per heavy atom. The molecule has 0 aliphatic carbocycles. The van der Waals surface area contributed by atoms with Crippen LogP contribution in [0.5, 0.6) is 11.5 Å². The van der Waals surface area contributed by atoms with Crippen molar-refractivity contribution >= 4 is 16.8 Å². The van der Waals surface area contributed by atoms with Crippen molar-refractivity contribution in [2.24, 2.45) is 5.92 Å². The van der Waals surface area contributed by atoms with Crippen LogP contribution >= 0.6 is 0 Å². The van der Waals surface area contributed by atoms with Gasteiger partial charge in [-0.05, 0) is 42.7 Å². The molecule has 0 saturated heterocycles. The monoisotopic (exact) mass is 376 g/mol. The zero-order chi connectivity index (χ0) is 19.7. The normalized spacial score (nSPS) is 14.1. The molecule has 1 atom stereocenters. The van der Waals surface area contributed by atoms with Gasteiger partial charge in [-0.15, -0.1) is 0 Å². The van der Waals surface area contributed by atoms with Gasteiger partial charge in [0, 0.05) is 11.1 Å². The lowest BCUT2D eigenvalue weighted by Gasteiger charge is -2.25. The van der Waals surface area contributed by atoms with Crippen molar-refractivity contribution in [1.29, 1.82) is 0 Å². The van der Waals surface area contributed by atoms with Crippen molar-refractivity contribution in [3.8, 4) is 11.5 Å². The summed E-state index contributed by atoms with van der Waals surface area (Å²) in [6, 6.07) is 15.3. The summed E-state index contributed by atoms with van der Waals surface area (Å²) in [7, 11) is 0. The van der Waals surface area contributed by atoms with Gasteiger partial charge >= 0.3 is 0 Å². The molecule has 1 unspecified atom stereocenters. The van der Waals surface area contributed by atoms with Crippen LogP contribution in [-0.4, -0.2) is 24.1 Å². The molecule has 2 aromatic carbocycles. The maximum absolute atomic E-state index is 13.2. The van der Waals surface area contributed by atoms with Crippen LogP contribution in [0, 0.1) is 12.8 Å². The molecule has 0 bridgehead atoms. The van der Waals surface area contributed by atoms with Crippen molar-refractivity contribution in [3.63, 3.8) is 0 Å². The van der Waals surface area contributed by atoms with E-state index in [1.807, 2.05) is 55.5 Å². The molecule has 2 heterocycles. The molecule has 5 heteroatoms. The lowest BCUT2D eigenvalue weighted by molar-refractivity contribution is 0.0927. The Morgan fingerprint density at radius 2 is 1.79 bits per heavy atom. The first kappa shape index (κ1) is 18.3. The van der Waals surface area contributed by atoms with E-state index in [0.717, 1.165) is 33.7 Å². The van der Waals surface area contributed by atoms with E-state index in [2.05, 4.69) is 24.1 Å². The molecule has 5 nitrogen and oxygen atoms in total. The van der Waals surface area contributed by atoms with Crippen molar-refractivity contribution in [1.82, 2.24) is 10.3 Å². The highest BCUT2D eigenvalue weighted by Crippen LogP contribution is 2.34. The number of nitrogens with zero attached hydrogens (tertiary/aromatic N) is 1. The first-order valence-electron chi connectivity index (χ1n) is 9.60. The number of carbonyl (C=O) groups is 1. The van der Waals surface area contributed by atoms with Gasteiger partial charge in [0.25, 0.3) is 5.91 Å². The number of hydrogen-bond donors (Lipinski definition) is 1.